The predicted molar refractivity (Wildman–Crippen MR) is 63.8 cm³/mol. The maximum absolute atomic E-state index is 4.41. The number of rotatable bonds is 4. The van der Waals surface area contributed by atoms with Gasteiger partial charge in [0.1, 0.15) is 0 Å². The molecule has 0 aliphatic carbocycles. The predicted octanol–water partition coefficient (Wildman–Crippen LogP) is 1.99. The summed E-state index contributed by atoms with van der Waals surface area (Å²) in [6, 6.07) is 2.60. The third-order valence-corrected chi connectivity index (χ3v) is 2.49. The number of aryl methyl sites for hydroxylation is 1. The molecule has 1 aromatic heterocycles. The molecule has 0 fully saturated rings. The molecule has 15 heavy (non-hydrogen) atoms. The van der Waals surface area contributed by atoms with Crippen LogP contribution in [0.4, 0.5) is 0 Å². The molecule has 1 rings (SSSR count). The van der Waals surface area contributed by atoms with Crippen molar-refractivity contribution in [2.24, 2.45) is 12.5 Å². The molecular weight excluding hydrogens is 186 g/mol. The molecule has 1 unspecified atom stereocenters. The van der Waals surface area contributed by atoms with Crippen LogP contribution in [0.15, 0.2) is 12.3 Å². The Balaban J connectivity index is 2.54. The van der Waals surface area contributed by atoms with Gasteiger partial charge in [0.05, 0.1) is 5.69 Å². The van der Waals surface area contributed by atoms with Crippen LogP contribution in [0.3, 0.4) is 0 Å². The van der Waals surface area contributed by atoms with E-state index in [1.54, 1.807) is 0 Å². The van der Waals surface area contributed by atoms with Crippen LogP contribution >= 0.6 is 0 Å². The minimum absolute atomic E-state index is 0.364. The Morgan fingerprint density at radius 3 is 2.53 bits per heavy atom. The summed E-state index contributed by atoms with van der Waals surface area (Å²) in [7, 11) is 3.99. The normalized spacial score (nSPS) is 14.2. The second kappa shape index (κ2) is 4.79. The highest BCUT2D eigenvalue weighted by molar-refractivity contribution is 5.01. The Morgan fingerprint density at radius 2 is 2.13 bits per heavy atom. The van der Waals surface area contributed by atoms with Crippen molar-refractivity contribution < 1.29 is 0 Å². The van der Waals surface area contributed by atoms with Gasteiger partial charge in [-0.3, -0.25) is 4.68 Å². The minimum Gasteiger partial charge on any atom is -0.317 e. The summed E-state index contributed by atoms with van der Waals surface area (Å²) in [6.07, 6.45) is 4.17. The summed E-state index contributed by atoms with van der Waals surface area (Å²) in [5, 5.41) is 7.77. The second-order valence-corrected chi connectivity index (χ2v) is 5.44. The molecule has 1 heterocycles. The largest absolute Gasteiger partial charge is 0.317 e. The standard InChI is InChI=1S/C12H23N3/c1-12(2,3)9-11(13-4)8-10-6-7-15(5)14-10/h6-7,11,13H,8-9H2,1-5H3. The molecular formula is C12H23N3. The van der Waals surface area contributed by atoms with Gasteiger partial charge in [-0.15, -0.1) is 0 Å². The van der Waals surface area contributed by atoms with E-state index >= 15 is 0 Å². The number of likely N-dealkylation sites (N-methyl/N-ethyl adjacent to an activating group) is 1. The van der Waals surface area contributed by atoms with Crippen LogP contribution in [0.25, 0.3) is 0 Å². The van der Waals surface area contributed by atoms with Gasteiger partial charge >= 0.3 is 0 Å². The zero-order valence-corrected chi connectivity index (χ0v) is 10.5. The third kappa shape index (κ3) is 4.47. The summed E-state index contributed by atoms with van der Waals surface area (Å²) in [5.74, 6) is 0. The number of aromatic nitrogens is 2. The molecule has 0 amide bonds. The topological polar surface area (TPSA) is 29.9 Å². The summed E-state index contributed by atoms with van der Waals surface area (Å²) < 4.78 is 1.86. The molecule has 1 atom stereocenters. The van der Waals surface area contributed by atoms with Crippen molar-refractivity contribution in [2.45, 2.75) is 39.7 Å². The van der Waals surface area contributed by atoms with Gasteiger partial charge in [-0.05, 0) is 24.9 Å². The van der Waals surface area contributed by atoms with E-state index in [4.69, 9.17) is 0 Å². The Hall–Kier alpha value is -0.830. The first-order valence-corrected chi connectivity index (χ1v) is 5.56. The minimum atomic E-state index is 0.364. The van der Waals surface area contributed by atoms with Crippen molar-refractivity contribution in [1.82, 2.24) is 15.1 Å². The molecule has 0 saturated heterocycles. The SMILES string of the molecule is CNC(Cc1ccn(C)n1)CC(C)(C)C. The molecule has 0 spiro atoms. The van der Waals surface area contributed by atoms with Crippen LogP contribution < -0.4 is 5.32 Å². The molecule has 0 aromatic carbocycles. The monoisotopic (exact) mass is 209 g/mol. The number of nitrogens with one attached hydrogen (secondary N) is 1. The van der Waals surface area contributed by atoms with Crippen LogP contribution in [0, 0.1) is 5.41 Å². The smallest absolute Gasteiger partial charge is 0.0640 e. The zero-order valence-electron chi connectivity index (χ0n) is 10.5. The van der Waals surface area contributed by atoms with Crippen molar-refractivity contribution in [3.63, 3.8) is 0 Å². The van der Waals surface area contributed by atoms with E-state index in [0.29, 0.717) is 11.5 Å². The quantitative estimate of drug-likeness (QED) is 0.822. The van der Waals surface area contributed by atoms with Gasteiger partial charge in [0.15, 0.2) is 0 Å². The van der Waals surface area contributed by atoms with Gasteiger partial charge in [0.25, 0.3) is 0 Å². The summed E-state index contributed by atoms with van der Waals surface area (Å²) >= 11 is 0. The molecule has 0 aliphatic heterocycles. The molecule has 1 N–H and O–H groups in total. The van der Waals surface area contributed by atoms with Gasteiger partial charge in [-0.1, -0.05) is 20.8 Å². The van der Waals surface area contributed by atoms with E-state index in [1.807, 2.05) is 25.0 Å². The molecule has 0 radical (unpaired) electrons. The molecule has 0 bridgehead atoms. The van der Waals surface area contributed by atoms with E-state index in [1.165, 1.54) is 12.1 Å². The molecule has 0 aliphatic rings. The molecule has 3 heteroatoms. The van der Waals surface area contributed by atoms with Gasteiger partial charge in [-0.25, -0.2) is 0 Å². The first-order valence-electron chi connectivity index (χ1n) is 5.56. The van der Waals surface area contributed by atoms with E-state index < -0.39 is 0 Å². The fourth-order valence-corrected chi connectivity index (χ4v) is 1.84. The van der Waals surface area contributed by atoms with Crippen molar-refractivity contribution in [3.05, 3.63) is 18.0 Å². The Labute approximate surface area is 92.9 Å². The van der Waals surface area contributed by atoms with E-state index in [0.717, 1.165) is 6.42 Å². The van der Waals surface area contributed by atoms with Gasteiger partial charge in [0.2, 0.25) is 0 Å². The molecule has 3 nitrogen and oxygen atoms in total. The lowest BCUT2D eigenvalue weighted by Gasteiger charge is -2.25. The Morgan fingerprint density at radius 1 is 1.47 bits per heavy atom. The summed E-state index contributed by atoms with van der Waals surface area (Å²) in [5.41, 5.74) is 1.53. The van der Waals surface area contributed by atoms with Crippen LogP contribution in [0.1, 0.15) is 32.9 Å². The highest BCUT2D eigenvalue weighted by Gasteiger charge is 2.18. The highest BCUT2D eigenvalue weighted by Crippen LogP contribution is 2.22. The first kappa shape index (κ1) is 12.2. The van der Waals surface area contributed by atoms with Gasteiger partial charge < -0.3 is 5.32 Å². The fourth-order valence-electron chi connectivity index (χ4n) is 1.84. The average molecular weight is 209 g/mol. The molecule has 1 aromatic rings. The maximum atomic E-state index is 4.41. The van der Waals surface area contributed by atoms with Crippen LogP contribution in [-0.4, -0.2) is 22.9 Å². The van der Waals surface area contributed by atoms with Crippen molar-refractivity contribution >= 4 is 0 Å². The number of hydrogen-bond acceptors (Lipinski definition) is 2. The zero-order chi connectivity index (χ0) is 11.5. The van der Waals surface area contributed by atoms with E-state index in [2.05, 4.69) is 37.3 Å². The Kier molecular flexibility index (Phi) is 3.91. The van der Waals surface area contributed by atoms with Crippen LogP contribution in [-0.2, 0) is 13.5 Å². The van der Waals surface area contributed by atoms with E-state index in [9.17, 15) is 0 Å². The second-order valence-electron chi connectivity index (χ2n) is 5.44. The summed E-state index contributed by atoms with van der Waals surface area (Å²) in [6.45, 7) is 6.82. The first-order chi connectivity index (χ1) is 6.90. The van der Waals surface area contributed by atoms with Crippen molar-refractivity contribution in [1.29, 1.82) is 0 Å². The number of nitrogens with zero attached hydrogens (tertiary/aromatic N) is 2. The van der Waals surface area contributed by atoms with Crippen LogP contribution in [0.5, 0.6) is 0 Å². The molecule has 86 valence electrons. The lowest BCUT2D eigenvalue weighted by molar-refractivity contribution is 0.314. The molecule has 0 saturated carbocycles. The van der Waals surface area contributed by atoms with Crippen LogP contribution in [0.2, 0.25) is 0 Å². The van der Waals surface area contributed by atoms with E-state index in [-0.39, 0.29) is 0 Å². The maximum Gasteiger partial charge on any atom is 0.0640 e. The highest BCUT2D eigenvalue weighted by atomic mass is 15.2. The fraction of sp³-hybridized carbons (Fsp3) is 0.750. The average Bonchev–Trinajstić information content (AvgIpc) is 2.47. The Bertz CT molecular complexity index is 296. The third-order valence-electron chi connectivity index (χ3n) is 2.49. The summed E-state index contributed by atoms with van der Waals surface area (Å²) in [4.78, 5) is 0. The van der Waals surface area contributed by atoms with Gasteiger partial charge in [-0.2, -0.15) is 5.10 Å². The lowest BCUT2D eigenvalue weighted by atomic mass is 9.86. The number of hydrogen-bond donors (Lipinski definition) is 1. The van der Waals surface area contributed by atoms with Crippen molar-refractivity contribution in [3.8, 4) is 0 Å². The lowest BCUT2D eigenvalue weighted by Crippen LogP contribution is -2.32. The van der Waals surface area contributed by atoms with Crippen molar-refractivity contribution in [2.75, 3.05) is 7.05 Å². The van der Waals surface area contributed by atoms with Gasteiger partial charge in [0, 0.05) is 25.7 Å².